The van der Waals surface area contributed by atoms with Crippen LogP contribution in [0, 0.1) is 0 Å². The van der Waals surface area contributed by atoms with Gasteiger partial charge in [0, 0.05) is 4.88 Å². The van der Waals surface area contributed by atoms with Gasteiger partial charge in [-0.1, -0.05) is 6.92 Å². The van der Waals surface area contributed by atoms with Gasteiger partial charge in [0.1, 0.15) is 0 Å². The van der Waals surface area contributed by atoms with Crippen LogP contribution in [-0.2, 0) is 6.42 Å². The maximum Gasteiger partial charge on any atom is 0.355 e. The number of carbonyl (C=O) groups is 1. The average Bonchev–Trinajstić information content (AvgIpc) is 2.86. The van der Waals surface area contributed by atoms with Gasteiger partial charge < -0.3 is 9.52 Å². The van der Waals surface area contributed by atoms with E-state index in [2.05, 4.69) is 9.97 Å². The van der Waals surface area contributed by atoms with Gasteiger partial charge in [0.25, 0.3) is 0 Å². The normalized spacial score (nSPS) is 10.5. The molecular formula is C9H8N2O3S. The van der Waals surface area contributed by atoms with Crippen molar-refractivity contribution in [1.82, 2.24) is 9.97 Å². The minimum absolute atomic E-state index is 0.105. The number of oxazole rings is 1. The number of thiazole rings is 1. The molecule has 5 nitrogen and oxygen atoms in total. The third kappa shape index (κ3) is 1.75. The Hall–Kier alpha value is -1.69. The van der Waals surface area contributed by atoms with E-state index >= 15 is 0 Å². The summed E-state index contributed by atoms with van der Waals surface area (Å²) < 4.78 is 5.06. The zero-order valence-electron chi connectivity index (χ0n) is 7.93. The molecule has 2 heterocycles. The molecule has 0 aromatic carbocycles. The van der Waals surface area contributed by atoms with Crippen LogP contribution in [-0.4, -0.2) is 21.0 Å². The summed E-state index contributed by atoms with van der Waals surface area (Å²) in [6.07, 6.45) is 3.46. The van der Waals surface area contributed by atoms with Gasteiger partial charge in [-0.25, -0.2) is 14.8 Å². The standard InChI is InChI=1S/C9H8N2O3S/c1-2-6-7(9(12)13)11-8(15-6)5-3-10-4-14-5/h3-4H,2H2,1H3,(H,12,13). The Balaban J connectivity index is 2.48. The molecule has 2 aromatic rings. The van der Waals surface area contributed by atoms with E-state index in [1.165, 1.54) is 23.9 Å². The lowest BCUT2D eigenvalue weighted by atomic mass is 10.3. The Labute approximate surface area is 89.4 Å². The van der Waals surface area contributed by atoms with Crippen LogP contribution >= 0.6 is 11.3 Å². The highest BCUT2D eigenvalue weighted by Crippen LogP contribution is 2.28. The highest BCUT2D eigenvalue weighted by atomic mass is 32.1. The maximum absolute atomic E-state index is 10.9. The number of hydrogen-bond donors (Lipinski definition) is 1. The second kappa shape index (κ2) is 3.82. The van der Waals surface area contributed by atoms with Gasteiger partial charge in [0.2, 0.25) is 0 Å². The molecule has 0 unspecified atom stereocenters. The molecule has 0 saturated carbocycles. The van der Waals surface area contributed by atoms with E-state index in [9.17, 15) is 4.79 Å². The fraction of sp³-hybridized carbons (Fsp3) is 0.222. The van der Waals surface area contributed by atoms with E-state index in [4.69, 9.17) is 9.52 Å². The van der Waals surface area contributed by atoms with Crippen molar-refractivity contribution in [3.63, 3.8) is 0 Å². The molecule has 2 rings (SSSR count). The van der Waals surface area contributed by atoms with Crippen molar-refractivity contribution in [2.24, 2.45) is 0 Å². The smallest absolute Gasteiger partial charge is 0.355 e. The Morgan fingerprint density at radius 3 is 2.93 bits per heavy atom. The molecule has 2 aromatic heterocycles. The molecule has 0 saturated heterocycles. The van der Waals surface area contributed by atoms with Gasteiger partial charge in [-0.15, -0.1) is 11.3 Å². The molecule has 0 atom stereocenters. The summed E-state index contributed by atoms with van der Waals surface area (Å²) >= 11 is 1.32. The van der Waals surface area contributed by atoms with E-state index in [0.717, 1.165) is 4.88 Å². The Morgan fingerprint density at radius 2 is 2.47 bits per heavy atom. The Morgan fingerprint density at radius 1 is 1.67 bits per heavy atom. The van der Waals surface area contributed by atoms with Gasteiger partial charge in [0.05, 0.1) is 6.20 Å². The van der Waals surface area contributed by atoms with Crippen molar-refractivity contribution in [3.8, 4) is 10.8 Å². The monoisotopic (exact) mass is 224 g/mol. The van der Waals surface area contributed by atoms with Crippen LogP contribution in [0.1, 0.15) is 22.3 Å². The number of aromatic nitrogens is 2. The largest absolute Gasteiger partial charge is 0.476 e. The summed E-state index contributed by atoms with van der Waals surface area (Å²) in [5.41, 5.74) is 0.105. The fourth-order valence-electron chi connectivity index (χ4n) is 1.19. The molecule has 0 aliphatic carbocycles. The van der Waals surface area contributed by atoms with Crippen LogP contribution in [0.2, 0.25) is 0 Å². The molecule has 0 fully saturated rings. The first kappa shape index (κ1) is 9.85. The lowest BCUT2D eigenvalue weighted by Crippen LogP contribution is -1.99. The van der Waals surface area contributed by atoms with Gasteiger partial charge in [-0.3, -0.25) is 0 Å². The van der Waals surface area contributed by atoms with Crippen LogP contribution in [0.25, 0.3) is 10.8 Å². The predicted molar refractivity (Wildman–Crippen MR) is 53.9 cm³/mol. The zero-order chi connectivity index (χ0) is 10.8. The first-order chi connectivity index (χ1) is 7.22. The topological polar surface area (TPSA) is 76.2 Å². The summed E-state index contributed by atoms with van der Waals surface area (Å²) in [6, 6.07) is 0. The molecule has 0 spiro atoms. The highest BCUT2D eigenvalue weighted by Gasteiger charge is 2.18. The van der Waals surface area contributed by atoms with Crippen molar-refractivity contribution in [3.05, 3.63) is 23.2 Å². The molecule has 0 radical (unpaired) electrons. The average molecular weight is 224 g/mol. The lowest BCUT2D eigenvalue weighted by molar-refractivity contribution is 0.0690. The molecule has 1 N–H and O–H groups in total. The second-order valence-electron chi connectivity index (χ2n) is 2.82. The predicted octanol–water partition coefficient (Wildman–Crippen LogP) is 2.06. The molecule has 78 valence electrons. The minimum Gasteiger partial charge on any atom is -0.476 e. The number of rotatable bonds is 3. The van der Waals surface area contributed by atoms with E-state index in [0.29, 0.717) is 17.2 Å². The third-order valence-corrected chi connectivity index (χ3v) is 3.08. The minimum atomic E-state index is -1.01. The number of aryl methyl sites for hydroxylation is 1. The molecule has 15 heavy (non-hydrogen) atoms. The van der Waals surface area contributed by atoms with E-state index in [-0.39, 0.29) is 5.69 Å². The zero-order valence-corrected chi connectivity index (χ0v) is 8.74. The Kier molecular flexibility index (Phi) is 2.51. The lowest BCUT2D eigenvalue weighted by Gasteiger charge is -1.89. The first-order valence-electron chi connectivity index (χ1n) is 4.34. The van der Waals surface area contributed by atoms with Crippen molar-refractivity contribution in [1.29, 1.82) is 0 Å². The number of carboxylic acid groups (broad SMARTS) is 1. The van der Waals surface area contributed by atoms with Crippen LogP contribution in [0.15, 0.2) is 17.0 Å². The Bertz CT molecular complexity index is 476. The van der Waals surface area contributed by atoms with Crippen molar-refractivity contribution < 1.29 is 14.3 Å². The van der Waals surface area contributed by atoms with E-state index in [1.807, 2.05) is 6.92 Å². The first-order valence-corrected chi connectivity index (χ1v) is 5.16. The van der Waals surface area contributed by atoms with Gasteiger partial charge >= 0.3 is 5.97 Å². The second-order valence-corrected chi connectivity index (χ2v) is 3.90. The number of aromatic carboxylic acids is 1. The SMILES string of the molecule is CCc1sc(-c2cnco2)nc1C(=O)O. The third-order valence-electron chi connectivity index (χ3n) is 1.86. The van der Waals surface area contributed by atoms with Crippen molar-refractivity contribution in [2.45, 2.75) is 13.3 Å². The summed E-state index contributed by atoms with van der Waals surface area (Å²) in [7, 11) is 0. The molecule has 0 amide bonds. The summed E-state index contributed by atoms with van der Waals surface area (Å²) in [4.78, 5) is 19.4. The van der Waals surface area contributed by atoms with Crippen molar-refractivity contribution in [2.75, 3.05) is 0 Å². The highest BCUT2D eigenvalue weighted by molar-refractivity contribution is 7.15. The quantitative estimate of drug-likeness (QED) is 0.863. The number of carboxylic acids is 1. The van der Waals surface area contributed by atoms with Gasteiger partial charge in [-0.2, -0.15) is 0 Å². The summed E-state index contributed by atoms with van der Waals surface area (Å²) in [5, 5.41) is 9.46. The van der Waals surface area contributed by atoms with E-state index < -0.39 is 5.97 Å². The van der Waals surface area contributed by atoms with Crippen LogP contribution in [0.4, 0.5) is 0 Å². The van der Waals surface area contributed by atoms with Crippen LogP contribution < -0.4 is 0 Å². The molecule has 0 aliphatic rings. The van der Waals surface area contributed by atoms with Gasteiger partial charge in [0.15, 0.2) is 22.9 Å². The van der Waals surface area contributed by atoms with Crippen LogP contribution in [0.5, 0.6) is 0 Å². The summed E-state index contributed by atoms with van der Waals surface area (Å²) in [5.74, 6) is -0.504. The molecular weight excluding hydrogens is 216 g/mol. The molecule has 0 aliphatic heterocycles. The fourth-order valence-corrected chi connectivity index (χ4v) is 2.13. The summed E-state index contributed by atoms with van der Waals surface area (Å²) in [6.45, 7) is 1.89. The van der Waals surface area contributed by atoms with Crippen LogP contribution in [0.3, 0.4) is 0 Å². The molecule has 6 heteroatoms. The number of hydrogen-bond acceptors (Lipinski definition) is 5. The van der Waals surface area contributed by atoms with Crippen molar-refractivity contribution >= 4 is 17.3 Å². The molecule has 0 bridgehead atoms. The van der Waals surface area contributed by atoms with E-state index in [1.54, 1.807) is 0 Å². The maximum atomic E-state index is 10.9. The number of nitrogens with zero attached hydrogens (tertiary/aromatic N) is 2. The van der Waals surface area contributed by atoms with Gasteiger partial charge in [-0.05, 0) is 6.42 Å².